The summed E-state index contributed by atoms with van der Waals surface area (Å²) in [6.07, 6.45) is 0.569. The summed E-state index contributed by atoms with van der Waals surface area (Å²) in [6.45, 7) is 1.76. The second-order valence-electron chi connectivity index (χ2n) is 7.78. The lowest BCUT2D eigenvalue weighted by Crippen LogP contribution is -2.52. The number of amides is 3. The molecule has 0 spiro atoms. The second kappa shape index (κ2) is 7.50. The van der Waals surface area contributed by atoms with Gasteiger partial charge in [0, 0.05) is 37.2 Å². The molecule has 3 amide bonds. The van der Waals surface area contributed by atoms with Crippen molar-refractivity contribution in [3.63, 3.8) is 0 Å². The molecule has 1 saturated heterocycles. The minimum absolute atomic E-state index is 0.190. The minimum atomic E-state index is -0.633. The topological polar surface area (TPSA) is 123 Å². The van der Waals surface area contributed by atoms with E-state index in [0.717, 1.165) is 11.1 Å². The minimum Gasteiger partial charge on any atom is -0.486 e. The number of nitrogens with one attached hydrogen (secondary N) is 2. The molecule has 1 unspecified atom stereocenters. The molecule has 9 nitrogen and oxygen atoms in total. The van der Waals surface area contributed by atoms with Crippen molar-refractivity contribution in [2.45, 2.75) is 32.0 Å². The van der Waals surface area contributed by atoms with Crippen LogP contribution in [0, 0.1) is 0 Å². The van der Waals surface area contributed by atoms with Crippen molar-refractivity contribution in [2.75, 3.05) is 24.3 Å². The molecule has 1 fully saturated rings. The molecule has 0 saturated carbocycles. The van der Waals surface area contributed by atoms with Crippen LogP contribution in [0.15, 0.2) is 30.3 Å². The van der Waals surface area contributed by atoms with Crippen molar-refractivity contribution in [2.24, 2.45) is 0 Å². The van der Waals surface area contributed by atoms with Crippen molar-refractivity contribution < 1.29 is 23.9 Å². The molecule has 0 aromatic heterocycles. The van der Waals surface area contributed by atoms with Crippen LogP contribution in [0.5, 0.6) is 11.5 Å². The first kappa shape index (κ1) is 19.2. The number of carbonyl (C=O) groups is 3. The number of nitrogens with zero attached hydrogens (tertiary/aromatic N) is 1. The Morgan fingerprint density at radius 3 is 2.68 bits per heavy atom. The Bertz CT molecular complexity index is 1100. The monoisotopic (exact) mass is 422 g/mol. The molecule has 9 heteroatoms. The number of ether oxygens (including phenoxy) is 2. The summed E-state index contributed by atoms with van der Waals surface area (Å²) in [4.78, 5) is 38.2. The number of anilines is 2. The Morgan fingerprint density at radius 2 is 1.90 bits per heavy atom. The van der Waals surface area contributed by atoms with Gasteiger partial charge in [0.15, 0.2) is 11.5 Å². The summed E-state index contributed by atoms with van der Waals surface area (Å²) >= 11 is 0. The molecule has 0 bridgehead atoms. The predicted octanol–water partition coefficient (Wildman–Crippen LogP) is 1.41. The SMILES string of the molecule is Nc1cc2c(cc1NCc1cccc3c1CN(C1CCC(=O)NC1=O)C3=O)OCCO2. The molecule has 31 heavy (non-hydrogen) atoms. The van der Waals surface area contributed by atoms with Crippen LogP contribution in [-0.4, -0.2) is 41.9 Å². The molecule has 4 N–H and O–H groups in total. The van der Waals surface area contributed by atoms with Gasteiger partial charge in [-0.1, -0.05) is 12.1 Å². The number of hydrogen-bond donors (Lipinski definition) is 3. The van der Waals surface area contributed by atoms with Gasteiger partial charge in [-0.25, -0.2) is 0 Å². The van der Waals surface area contributed by atoms with Crippen molar-refractivity contribution in [3.05, 3.63) is 47.0 Å². The quantitative estimate of drug-likeness (QED) is 0.503. The van der Waals surface area contributed by atoms with E-state index in [2.05, 4.69) is 10.6 Å². The van der Waals surface area contributed by atoms with Crippen LogP contribution >= 0.6 is 0 Å². The van der Waals surface area contributed by atoms with Crippen LogP contribution in [0.3, 0.4) is 0 Å². The van der Waals surface area contributed by atoms with Gasteiger partial charge in [-0.15, -0.1) is 0 Å². The average Bonchev–Trinajstić information content (AvgIpc) is 3.09. The molecule has 0 aliphatic carbocycles. The molecule has 0 radical (unpaired) electrons. The molecule has 2 aromatic carbocycles. The van der Waals surface area contributed by atoms with Gasteiger partial charge < -0.3 is 25.4 Å². The van der Waals surface area contributed by atoms with Gasteiger partial charge in [0.05, 0.1) is 11.4 Å². The fourth-order valence-electron chi connectivity index (χ4n) is 4.26. The molecule has 3 heterocycles. The number of fused-ring (bicyclic) bond motifs is 2. The number of nitrogen functional groups attached to an aromatic ring is 1. The molecule has 1 atom stereocenters. The van der Waals surface area contributed by atoms with Crippen molar-refractivity contribution in [1.82, 2.24) is 10.2 Å². The Balaban J connectivity index is 1.35. The fraction of sp³-hybridized carbons (Fsp3) is 0.318. The first-order chi connectivity index (χ1) is 15.0. The highest BCUT2D eigenvalue weighted by molar-refractivity contribution is 6.05. The van der Waals surface area contributed by atoms with Crippen LogP contribution in [0.1, 0.15) is 34.3 Å². The number of piperidine rings is 1. The Hall–Kier alpha value is -3.75. The fourth-order valence-corrected chi connectivity index (χ4v) is 4.26. The van der Waals surface area contributed by atoms with Gasteiger partial charge >= 0.3 is 0 Å². The van der Waals surface area contributed by atoms with Gasteiger partial charge in [0.1, 0.15) is 19.3 Å². The summed E-state index contributed by atoms with van der Waals surface area (Å²) < 4.78 is 11.2. The highest BCUT2D eigenvalue weighted by Gasteiger charge is 2.39. The maximum atomic E-state index is 13.0. The van der Waals surface area contributed by atoms with E-state index >= 15 is 0 Å². The lowest BCUT2D eigenvalue weighted by Gasteiger charge is -2.29. The summed E-state index contributed by atoms with van der Waals surface area (Å²) in [5, 5.41) is 5.64. The van der Waals surface area contributed by atoms with Crippen molar-refractivity contribution in [3.8, 4) is 11.5 Å². The standard InChI is InChI=1S/C22H22N4O5/c23-15-8-18-19(31-7-6-30-18)9-16(15)24-10-12-2-1-3-13-14(12)11-26(22(13)29)17-4-5-20(27)25-21(17)28/h1-3,8-9,17,24H,4-7,10-11,23H2,(H,25,27,28). The van der Waals surface area contributed by atoms with Gasteiger partial charge in [-0.05, 0) is 23.6 Å². The smallest absolute Gasteiger partial charge is 0.255 e. The Morgan fingerprint density at radius 1 is 1.13 bits per heavy atom. The van der Waals surface area contributed by atoms with Gasteiger partial charge in [0.25, 0.3) is 5.91 Å². The predicted molar refractivity (Wildman–Crippen MR) is 112 cm³/mol. The van der Waals surface area contributed by atoms with Gasteiger partial charge in [-0.3, -0.25) is 19.7 Å². The number of carbonyl (C=O) groups excluding carboxylic acids is 3. The van der Waals surface area contributed by atoms with Gasteiger partial charge in [0.2, 0.25) is 11.8 Å². The van der Waals surface area contributed by atoms with Crippen molar-refractivity contribution >= 4 is 29.1 Å². The summed E-state index contributed by atoms with van der Waals surface area (Å²) in [6, 6.07) is 8.46. The normalized spacial score (nSPS) is 19.8. The van der Waals surface area contributed by atoms with E-state index in [9.17, 15) is 14.4 Å². The number of rotatable bonds is 4. The number of benzene rings is 2. The molecular weight excluding hydrogens is 400 g/mol. The lowest BCUT2D eigenvalue weighted by atomic mass is 10.0. The van der Waals surface area contributed by atoms with E-state index < -0.39 is 11.9 Å². The van der Waals surface area contributed by atoms with Crippen LogP contribution in [0.4, 0.5) is 11.4 Å². The molecule has 3 aliphatic heterocycles. The van der Waals surface area contributed by atoms with Crippen LogP contribution < -0.4 is 25.8 Å². The molecular formula is C22H22N4O5. The number of imide groups is 1. The van der Waals surface area contributed by atoms with Crippen LogP contribution in [-0.2, 0) is 22.7 Å². The first-order valence-electron chi connectivity index (χ1n) is 10.2. The number of nitrogens with two attached hydrogens (primary N) is 1. The third kappa shape index (κ3) is 3.41. The van der Waals surface area contributed by atoms with E-state index in [1.54, 1.807) is 17.0 Å². The van der Waals surface area contributed by atoms with E-state index in [1.807, 2.05) is 18.2 Å². The summed E-state index contributed by atoms with van der Waals surface area (Å²) in [7, 11) is 0. The molecule has 2 aromatic rings. The maximum absolute atomic E-state index is 13.0. The Labute approximate surface area is 178 Å². The average molecular weight is 422 g/mol. The zero-order valence-corrected chi connectivity index (χ0v) is 16.8. The third-order valence-corrected chi connectivity index (χ3v) is 5.86. The highest BCUT2D eigenvalue weighted by Crippen LogP contribution is 2.37. The van der Waals surface area contributed by atoms with E-state index in [-0.39, 0.29) is 18.2 Å². The third-order valence-electron chi connectivity index (χ3n) is 5.86. The van der Waals surface area contributed by atoms with Crippen LogP contribution in [0.2, 0.25) is 0 Å². The van der Waals surface area contributed by atoms with E-state index in [0.29, 0.717) is 61.2 Å². The zero-order valence-electron chi connectivity index (χ0n) is 16.8. The molecule has 3 aliphatic rings. The summed E-state index contributed by atoms with van der Waals surface area (Å²) in [5.74, 6) is 0.361. The maximum Gasteiger partial charge on any atom is 0.255 e. The van der Waals surface area contributed by atoms with Crippen molar-refractivity contribution in [1.29, 1.82) is 0 Å². The van der Waals surface area contributed by atoms with Gasteiger partial charge in [-0.2, -0.15) is 0 Å². The highest BCUT2D eigenvalue weighted by atomic mass is 16.6. The summed E-state index contributed by atoms with van der Waals surface area (Å²) in [5.41, 5.74) is 9.81. The van der Waals surface area contributed by atoms with Crippen LogP contribution in [0.25, 0.3) is 0 Å². The first-order valence-corrected chi connectivity index (χ1v) is 10.2. The number of hydrogen-bond acceptors (Lipinski definition) is 7. The van der Waals surface area contributed by atoms with E-state index in [1.165, 1.54) is 0 Å². The molecule has 160 valence electrons. The second-order valence-corrected chi connectivity index (χ2v) is 7.78. The largest absolute Gasteiger partial charge is 0.486 e. The zero-order chi connectivity index (χ0) is 21.5. The lowest BCUT2D eigenvalue weighted by molar-refractivity contribution is -0.136. The Kier molecular flexibility index (Phi) is 4.65. The molecule has 5 rings (SSSR count). The van der Waals surface area contributed by atoms with E-state index in [4.69, 9.17) is 15.2 Å².